The van der Waals surface area contributed by atoms with Crippen LogP contribution in [0.3, 0.4) is 0 Å². The molecule has 0 spiro atoms. The van der Waals surface area contributed by atoms with Crippen molar-refractivity contribution in [2.75, 3.05) is 0 Å². The fraction of sp³-hybridized carbons (Fsp3) is 0.636. The van der Waals surface area contributed by atoms with Crippen LogP contribution < -0.4 is 0 Å². The molecular weight excluding hydrogens is 228 g/mol. The van der Waals surface area contributed by atoms with Gasteiger partial charge in [0, 0.05) is 10.7 Å². The highest BCUT2D eigenvalue weighted by Gasteiger charge is 2.29. The number of halogens is 1. The summed E-state index contributed by atoms with van der Waals surface area (Å²) in [5.74, 6) is 2.55. The Morgan fingerprint density at radius 3 is 3.00 bits per heavy atom. The SMILES string of the molecule is CC1CCC(Br)CC1c1ccco1. The zero-order valence-electron chi connectivity index (χ0n) is 7.87. The monoisotopic (exact) mass is 242 g/mol. The van der Waals surface area contributed by atoms with Gasteiger partial charge in [0.25, 0.3) is 0 Å². The second-order valence-corrected chi connectivity index (χ2v) is 5.30. The van der Waals surface area contributed by atoms with Crippen LogP contribution in [-0.4, -0.2) is 4.83 Å². The lowest BCUT2D eigenvalue weighted by atomic mass is 9.79. The third kappa shape index (κ3) is 1.98. The van der Waals surface area contributed by atoms with E-state index >= 15 is 0 Å². The van der Waals surface area contributed by atoms with Crippen molar-refractivity contribution in [2.45, 2.75) is 36.9 Å². The summed E-state index contributed by atoms with van der Waals surface area (Å²) in [6.07, 6.45) is 5.61. The predicted molar refractivity (Wildman–Crippen MR) is 57.2 cm³/mol. The van der Waals surface area contributed by atoms with Crippen molar-refractivity contribution in [1.29, 1.82) is 0 Å². The van der Waals surface area contributed by atoms with Gasteiger partial charge in [-0.15, -0.1) is 0 Å². The van der Waals surface area contributed by atoms with Crippen LogP contribution in [0.4, 0.5) is 0 Å². The molecule has 1 aliphatic rings. The van der Waals surface area contributed by atoms with Crippen LogP contribution in [0.25, 0.3) is 0 Å². The third-order valence-electron chi connectivity index (χ3n) is 3.04. The van der Waals surface area contributed by atoms with Crippen molar-refractivity contribution in [3.63, 3.8) is 0 Å². The average Bonchev–Trinajstić information content (AvgIpc) is 2.61. The molecule has 0 amide bonds. The molecule has 0 N–H and O–H groups in total. The molecule has 1 aliphatic carbocycles. The van der Waals surface area contributed by atoms with Crippen molar-refractivity contribution >= 4 is 15.9 Å². The molecule has 0 radical (unpaired) electrons. The van der Waals surface area contributed by atoms with Gasteiger partial charge in [0.05, 0.1) is 6.26 Å². The van der Waals surface area contributed by atoms with E-state index in [9.17, 15) is 0 Å². The summed E-state index contributed by atoms with van der Waals surface area (Å²) >= 11 is 3.70. The van der Waals surface area contributed by atoms with Gasteiger partial charge in [0.1, 0.15) is 5.76 Å². The van der Waals surface area contributed by atoms with Gasteiger partial charge in [-0.25, -0.2) is 0 Å². The number of alkyl halides is 1. The van der Waals surface area contributed by atoms with Crippen LogP contribution >= 0.6 is 15.9 Å². The van der Waals surface area contributed by atoms with E-state index in [-0.39, 0.29) is 0 Å². The maximum atomic E-state index is 5.47. The number of hydrogen-bond acceptors (Lipinski definition) is 1. The minimum absolute atomic E-state index is 0.619. The summed E-state index contributed by atoms with van der Waals surface area (Å²) in [5, 5.41) is 0. The summed E-state index contributed by atoms with van der Waals surface area (Å²) in [4.78, 5) is 0.679. The summed E-state index contributed by atoms with van der Waals surface area (Å²) in [6, 6.07) is 4.09. The molecule has 1 fully saturated rings. The van der Waals surface area contributed by atoms with E-state index in [1.807, 2.05) is 6.07 Å². The maximum Gasteiger partial charge on any atom is 0.107 e. The fourth-order valence-electron chi connectivity index (χ4n) is 2.17. The lowest BCUT2D eigenvalue weighted by Gasteiger charge is -2.30. The molecule has 0 aromatic carbocycles. The molecule has 1 saturated carbocycles. The molecule has 0 saturated heterocycles. The zero-order valence-corrected chi connectivity index (χ0v) is 9.46. The lowest BCUT2D eigenvalue weighted by molar-refractivity contribution is 0.298. The van der Waals surface area contributed by atoms with Crippen LogP contribution in [0.15, 0.2) is 22.8 Å². The molecular formula is C11H15BrO. The van der Waals surface area contributed by atoms with Gasteiger partial charge in [-0.05, 0) is 37.3 Å². The van der Waals surface area contributed by atoms with Gasteiger partial charge in [-0.3, -0.25) is 0 Å². The molecule has 1 aromatic rings. The Hall–Kier alpha value is -0.240. The van der Waals surface area contributed by atoms with Crippen molar-refractivity contribution in [1.82, 2.24) is 0 Å². The molecule has 2 rings (SSSR count). The highest BCUT2D eigenvalue weighted by atomic mass is 79.9. The zero-order chi connectivity index (χ0) is 9.26. The number of rotatable bonds is 1. The van der Waals surface area contributed by atoms with E-state index in [4.69, 9.17) is 4.42 Å². The smallest absolute Gasteiger partial charge is 0.107 e. The van der Waals surface area contributed by atoms with Crippen molar-refractivity contribution in [3.8, 4) is 0 Å². The predicted octanol–water partition coefficient (Wildman–Crippen LogP) is 3.95. The molecule has 3 atom stereocenters. The summed E-state index contributed by atoms with van der Waals surface area (Å²) in [7, 11) is 0. The first-order valence-electron chi connectivity index (χ1n) is 4.95. The second kappa shape index (κ2) is 3.87. The number of hydrogen-bond donors (Lipinski definition) is 0. The third-order valence-corrected chi connectivity index (χ3v) is 3.87. The average molecular weight is 243 g/mol. The highest BCUT2D eigenvalue weighted by Crippen LogP contribution is 2.40. The number of furan rings is 1. The Balaban J connectivity index is 2.12. The van der Waals surface area contributed by atoms with E-state index in [1.165, 1.54) is 19.3 Å². The summed E-state index contributed by atoms with van der Waals surface area (Å²) < 4.78 is 5.47. The van der Waals surface area contributed by atoms with Gasteiger partial charge >= 0.3 is 0 Å². The summed E-state index contributed by atoms with van der Waals surface area (Å²) in [6.45, 7) is 2.33. The molecule has 1 heterocycles. The van der Waals surface area contributed by atoms with Crippen molar-refractivity contribution in [2.24, 2.45) is 5.92 Å². The van der Waals surface area contributed by atoms with Crippen molar-refractivity contribution < 1.29 is 4.42 Å². The standard InChI is InChI=1S/C11H15BrO/c1-8-4-5-9(12)7-10(8)11-3-2-6-13-11/h2-3,6,8-10H,4-5,7H2,1H3. The van der Waals surface area contributed by atoms with E-state index in [1.54, 1.807) is 6.26 Å². The van der Waals surface area contributed by atoms with E-state index in [0.717, 1.165) is 11.7 Å². The first-order valence-corrected chi connectivity index (χ1v) is 5.86. The molecule has 72 valence electrons. The summed E-state index contributed by atoms with van der Waals surface area (Å²) in [5.41, 5.74) is 0. The second-order valence-electron chi connectivity index (χ2n) is 4.01. The van der Waals surface area contributed by atoms with E-state index in [0.29, 0.717) is 10.7 Å². The van der Waals surface area contributed by atoms with Crippen LogP contribution in [-0.2, 0) is 0 Å². The minimum Gasteiger partial charge on any atom is -0.469 e. The van der Waals surface area contributed by atoms with Gasteiger partial charge in [0.15, 0.2) is 0 Å². The Kier molecular flexibility index (Phi) is 2.77. The molecule has 2 heteroatoms. The van der Waals surface area contributed by atoms with Crippen LogP contribution in [0, 0.1) is 5.92 Å². The minimum atomic E-state index is 0.619. The Morgan fingerprint density at radius 2 is 2.31 bits per heavy atom. The van der Waals surface area contributed by atoms with Gasteiger partial charge < -0.3 is 4.42 Å². The Morgan fingerprint density at radius 1 is 1.46 bits per heavy atom. The largest absolute Gasteiger partial charge is 0.469 e. The van der Waals surface area contributed by atoms with Gasteiger partial charge in [-0.1, -0.05) is 22.9 Å². The lowest BCUT2D eigenvalue weighted by Crippen LogP contribution is -2.20. The van der Waals surface area contributed by atoms with Crippen LogP contribution in [0.2, 0.25) is 0 Å². The Bertz CT molecular complexity index is 255. The van der Waals surface area contributed by atoms with Crippen molar-refractivity contribution in [3.05, 3.63) is 24.2 Å². The van der Waals surface area contributed by atoms with E-state index < -0.39 is 0 Å². The molecule has 13 heavy (non-hydrogen) atoms. The highest BCUT2D eigenvalue weighted by molar-refractivity contribution is 9.09. The fourth-order valence-corrected chi connectivity index (χ4v) is 2.84. The van der Waals surface area contributed by atoms with Gasteiger partial charge in [-0.2, -0.15) is 0 Å². The van der Waals surface area contributed by atoms with E-state index in [2.05, 4.69) is 28.9 Å². The van der Waals surface area contributed by atoms with Gasteiger partial charge in [0.2, 0.25) is 0 Å². The van der Waals surface area contributed by atoms with Crippen LogP contribution in [0.1, 0.15) is 37.9 Å². The molecule has 0 bridgehead atoms. The Labute approximate surface area is 87.6 Å². The molecule has 1 aromatic heterocycles. The quantitative estimate of drug-likeness (QED) is 0.681. The maximum absolute atomic E-state index is 5.47. The molecule has 0 aliphatic heterocycles. The normalized spacial score (nSPS) is 34.8. The van der Waals surface area contributed by atoms with Crippen LogP contribution in [0.5, 0.6) is 0 Å². The first kappa shape index (κ1) is 9.32. The molecule has 1 nitrogen and oxygen atoms in total. The first-order chi connectivity index (χ1) is 6.27. The topological polar surface area (TPSA) is 13.1 Å². The molecule has 3 unspecified atom stereocenters.